The largest absolute Gasteiger partial charge is 0.508 e. The van der Waals surface area contributed by atoms with Crippen molar-refractivity contribution < 1.29 is 48.3 Å². The molecule has 2 rings (SSSR count). The Morgan fingerprint density at radius 3 is 2.74 bits per heavy atom. The van der Waals surface area contributed by atoms with Crippen molar-refractivity contribution in [1.29, 1.82) is 0 Å². The van der Waals surface area contributed by atoms with Gasteiger partial charge in [0.2, 0.25) is 5.91 Å². The standard InChI is InChI=1S/C16H23NO10/c1-4-5-25-16(14(21)23-3)6-9(19)11(17-8(2)18)13(27-16)12(20)10-7-24-15(22)26-10/h4,9-13,19-20H,1,5-7H2,2-3H3,(H,17,18)/t9-,10+,11+,12+,13+,16+/m0/s1. The molecule has 0 aliphatic carbocycles. The molecule has 2 heterocycles. The van der Waals surface area contributed by atoms with E-state index in [4.69, 9.17) is 18.9 Å². The van der Waals surface area contributed by atoms with Gasteiger partial charge in [0.15, 0.2) is 6.10 Å². The molecule has 11 heteroatoms. The number of rotatable bonds is 7. The molecule has 0 spiro atoms. The van der Waals surface area contributed by atoms with Gasteiger partial charge >= 0.3 is 12.1 Å². The summed E-state index contributed by atoms with van der Waals surface area (Å²) < 4.78 is 25.3. The Morgan fingerprint density at radius 1 is 1.52 bits per heavy atom. The Morgan fingerprint density at radius 2 is 2.22 bits per heavy atom. The molecule has 0 bridgehead atoms. The molecule has 2 aliphatic heterocycles. The van der Waals surface area contributed by atoms with Crippen molar-refractivity contribution in [3.05, 3.63) is 12.7 Å². The molecule has 3 N–H and O–H groups in total. The highest BCUT2D eigenvalue weighted by molar-refractivity contribution is 5.78. The third-order valence-electron chi connectivity index (χ3n) is 4.20. The Hall–Kier alpha value is -2.21. The normalized spacial score (nSPS) is 34.1. The molecule has 0 saturated carbocycles. The van der Waals surface area contributed by atoms with Gasteiger partial charge in [-0.3, -0.25) is 4.79 Å². The van der Waals surface area contributed by atoms with Crippen LogP contribution < -0.4 is 5.32 Å². The topological polar surface area (TPSA) is 150 Å². The van der Waals surface area contributed by atoms with E-state index in [0.717, 1.165) is 7.11 Å². The zero-order valence-corrected chi connectivity index (χ0v) is 15.0. The molecule has 152 valence electrons. The summed E-state index contributed by atoms with van der Waals surface area (Å²) in [5.41, 5.74) is 0. The molecular weight excluding hydrogens is 366 g/mol. The fourth-order valence-corrected chi connectivity index (χ4v) is 3.01. The fraction of sp³-hybridized carbons (Fsp3) is 0.688. The minimum atomic E-state index is -2.05. The van der Waals surface area contributed by atoms with Gasteiger partial charge in [-0.15, -0.1) is 6.58 Å². The smallest absolute Gasteiger partial charge is 0.465 e. The summed E-state index contributed by atoms with van der Waals surface area (Å²) in [7, 11) is 1.11. The highest BCUT2D eigenvalue weighted by atomic mass is 16.8. The first kappa shape index (κ1) is 21.1. The van der Waals surface area contributed by atoms with Crippen LogP contribution in [0, 0.1) is 0 Å². The van der Waals surface area contributed by atoms with Crippen LogP contribution in [0.4, 0.5) is 4.79 Å². The highest BCUT2D eigenvalue weighted by Gasteiger charge is 2.57. The molecule has 0 radical (unpaired) electrons. The third-order valence-corrected chi connectivity index (χ3v) is 4.20. The number of aliphatic hydroxyl groups excluding tert-OH is 2. The van der Waals surface area contributed by atoms with Crippen LogP contribution in [0.1, 0.15) is 13.3 Å². The van der Waals surface area contributed by atoms with Gasteiger partial charge in [-0.1, -0.05) is 6.08 Å². The lowest BCUT2D eigenvalue weighted by atomic mass is 9.88. The number of cyclic esters (lactones) is 2. The van der Waals surface area contributed by atoms with Crippen molar-refractivity contribution in [3.63, 3.8) is 0 Å². The Bertz CT molecular complexity index is 596. The Labute approximate surface area is 155 Å². The van der Waals surface area contributed by atoms with Crippen LogP contribution in [0.5, 0.6) is 0 Å². The Kier molecular flexibility index (Phi) is 6.76. The van der Waals surface area contributed by atoms with Gasteiger partial charge in [-0.05, 0) is 0 Å². The molecule has 27 heavy (non-hydrogen) atoms. The maximum Gasteiger partial charge on any atom is 0.508 e. The summed E-state index contributed by atoms with van der Waals surface area (Å²) in [5.74, 6) is -3.49. The third kappa shape index (κ3) is 4.56. The van der Waals surface area contributed by atoms with Crippen LogP contribution in [-0.2, 0) is 33.3 Å². The summed E-state index contributed by atoms with van der Waals surface area (Å²) in [6.45, 7) is 4.32. The summed E-state index contributed by atoms with van der Waals surface area (Å²) in [6, 6.07) is -1.11. The van der Waals surface area contributed by atoms with Crippen molar-refractivity contribution >= 4 is 18.0 Å². The highest BCUT2D eigenvalue weighted by Crippen LogP contribution is 2.35. The first-order valence-electron chi connectivity index (χ1n) is 8.21. The number of nitrogens with one attached hydrogen (secondary N) is 1. The molecule has 2 saturated heterocycles. The second kappa shape index (κ2) is 8.65. The summed E-state index contributed by atoms with van der Waals surface area (Å²) >= 11 is 0. The fourth-order valence-electron chi connectivity index (χ4n) is 3.01. The molecule has 2 fully saturated rings. The van der Waals surface area contributed by atoms with Gasteiger partial charge in [0, 0.05) is 13.3 Å². The van der Waals surface area contributed by atoms with Crippen LogP contribution in [-0.4, -0.2) is 84.8 Å². The van der Waals surface area contributed by atoms with Crippen LogP contribution in [0.3, 0.4) is 0 Å². The molecule has 0 unspecified atom stereocenters. The second-order valence-electron chi connectivity index (χ2n) is 6.13. The minimum absolute atomic E-state index is 0.114. The zero-order chi connectivity index (χ0) is 20.2. The lowest BCUT2D eigenvalue weighted by molar-refractivity contribution is -0.308. The number of hydrogen-bond donors (Lipinski definition) is 3. The number of amides is 1. The summed E-state index contributed by atoms with van der Waals surface area (Å²) in [5, 5.41) is 23.7. The molecule has 0 aromatic carbocycles. The maximum absolute atomic E-state index is 12.3. The van der Waals surface area contributed by atoms with E-state index in [1.165, 1.54) is 13.0 Å². The van der Waals surface area contributed by atoms with E-state index in [1.54, 1.807) is 0 Å². The number of carbonyl (C=O) groups excluding carboxylic acids is 3. The number of ether oxygens (including phenoxy) is 5. The van der Waals surface area contributed by atoms with Gasteiger partial charge in [0.1, 0.15) is 18.8 Å². The summed E-state index contributed by atoms with van der Waals surface area (Å²) in [6.07, 6.45) is -5.38. The Balaban J connectivity index is 2.34. The van der Waals surface area contributed by atoms with Gasteiger partial charge in [-0.2, -0.15) is 0 Å². The predicted molar refractivity (Wildman–Crippen MR) is 86.2 cm³/mol. The van der Waals surface area contributed by atoms with Gasteiger partial charge in [0.05, 0.1) is 25.9 Å². The number of carbonyl (C=O) groups is 3. The lowest BCUT2D eigenvalue weighted by Crippen LogP contribution is -2.68. The van der Waals surface area contributed by atoms with E-state index >= 15 is 0 Å². The average molecular weight is 389 g/mol. The zero-order valence-electron chi connectivity index (χ0n) is 15.0. The van der Waals surface area contributed by atoms with E-state index in [1.807, 2.05) is 0 Å². The molecule has 1 amide bonds. The lowest BCUT2D eigenvalue weighted by Gasteiger charge is -2.46. The molecular formula is C16H23NO10. The second-order valence-corrected chi connectivity index (χ2v) is 6.13. The summed E-state index contributed by atoms with van der Waals surface area (Å²) in [4.78, 5) is 35.0. The predicted octanol–water partition coefficient (Wildman–Crippen LogP) is -1.39. The average Bonchev–Trinajstić information content (AvgIpc) is 3.06. The van der Waals surface area contributed by atoms with E-state index in [2.05, 4.69) is 16.6 Å². The number of hydrogen-bond acceptors (Lipinski definition) is 10. The van der Waals surface area contributed by atoms with Crippen molar-refractivity contribution in [2.24, 2.45) is 0 Å². The number of aliphatic hydroxyl groups is 2. The van der Waals surface area contributed by atoms with Gasteiger partial charge in [-0.25, -0.2) is 9.59 Å². The monoisotopic (exact) mass is 389 g/mol. The van der Waals surface area contributed by atoms with Crippen molar-refractivity contribution in [1.82, 2.24) is 5.32 Å². The van der Waals surface area contributed by atoms with Crippen LogP contribution >= 0.6 is 0 Å². The molecule has 6 atom stereocenters. The van der Waals surface area contributed by atoms with E-state index in [0.29, 0.717) is 0 Å². The molecule has 0 aromatic rings. The number of methoxy groups -OCH3 is 1. The van der Waals surface area contributed by atoms with E-state index in [-0.39, 0.29) is 19.6 Å². The maximum atomic E-state index is 12.3. The molecule has 2 aliphatic rings. The number of esters is 1. The molecule has 11 nitrogen and oxygen atoms in total. The minimum Gasteiger partial charge on any atom is -0.465 e. The van der Waals surface area contributed by atoms with Crippen molar-refractivity contribution in [2.75, 3.05) is 20.3 Å². The van der Waals surface area contributed by atoms with Crippen LogP contribution in [0.2, 0.25) is 0 Å². The van der Waals surface area contributed by atoms with E-state index in [9.17, 15) is 24.6 Å². The van der Waals surface area contributed by atoms with Gasteiger partial charge < -0.3 is 39.2 Å². The SMILES string of the molecule is C=CCO[C@]1(C(=O)OC)C[C@H](O)[C@@H](NC(C)=O)[C@H]([C@H](O)[C@H]2COC(=O)O2)O1. The van der Waals surface area contributed by atoms with E-state index < -0.39 is 54.3 Å². The van der Waals surface area contributed by atoms with Gasteiger partial charge in [0.25, 0.3) is 5.79 Å². The van der Waals surface area contributed by atoms with Crippen LogP contribution in [0.25, 0.3) is 0 Å². The first-order chi connectivity index (χ1) is 12.7. The van der Waals surface area contributed by atoms with Crippen molar-refractivity contribution in [3.8, 4) is 0 Å². The first-order valence-corrected chi connectivity index (χ1v) is 8.21. The molecule has 0 aromatic heterocycles. The quantitative estimate of drug-likeness (QED) is 0.351. The van der Waals surface area contributed by atoms with Crippen molar-refractivity contribution in [2.45, 2.75) is 49.6 Å². The van der Waals surface area contributed by atoms with Crippen LogP contribution in [0.15, 0.2) is 12.7 Å².